The van der Waals surface area contributed by atoms with Crippen molar-refractivity contribution in [1.82, 2.24) is 0 Å². The van der Waals surface area contributed by atoms with Gasteiger partial charge in [-0.1, -0.05) is 37.3 Å². The fraction of sp³-hybridized carbons (Fsp3) is 0.400. The average Bonchev–Trinajstić information content (AvgIpc) is 2.65. The monoisotopic (exact) mass is 230 g/mol. The minimum absolute atomic E-state index is 0.244. The van der Waals surface area contributed by atoms with E-state index in [9.17, 15) is 4.79 Å². The van der Waals surface area contributed by atoms with Gasteiger partial charge in [0.25, 0.3) is 0 Å². The summed E-state index contributed by atoms with van der Waals surface area (Å²) < 4.78 is 4.58. The summed E-state index contributed by atoms with van der Waals surface area (Å²) in [4.78, 5) is 11.0. The molecule has 0 unspecified atom stereocenters. The van der Waals surface area contributed by atoms with Gasteiger partial charge < -0.3 is 4.74 Å². The summed E-state index contributed by atoms with van der Waals surface area (Å²) in [7, 11) is 1.40. The van der Waals surface area contributed by atoms with E-state index in [0.717, 1.165) is 19.3 Å². The number of benzene rings is 1. The van der Waals surface area contributed by atoms with Crippen LogP contribution in [0.25, 0.3) is 0 Å². The first-order chi connectivity index (χ1) is 8.13. The number of hydrogen-bond acceptors (Lipinski definition) is 2. The van der Waals surface area contributed by atoms with Crippen LogP contribution >= 0.6 is 0 Å². The lowest BCUT2D eigenvalue weighted by atomic mass is 9.83. The lowest BCUT2D eigenvalue weighted by Gasteiger charge is -2.21. The van der Waals surface area contributed by atoms with Gasteiger partial charge >= 0.3 is 5.97 Å². The molecule has 0 radical (unpaired) electrons. The maximum absolute atomic E-state index is 11.0. The predicted octanol–water partition coefficient (Wildman–Crippen LogP) is 2.91. The van der Waals surface area contributed by atoms with E-state index in [1.54, 1.807) is 0 Å². The van der Waals surface area contributed by atoms with Gasteiger partial charge in [-0.2, -0.15) is 0 Å². The van der Waals surface area contributed by atoms with Crippen molar-refractivity contribution in [3.8, 4) is 0 Å². The topological polar surface area (TPSA) is 26.3 Å². The Labute approximate surface area is 102 Å². The van der Waals surface area contributed by atoms with Gasteiger partial charge in [0.05, 0.1) is 7.11 Å². The normalized spacial score (nSPS) is 17.1. The van der Waals surface area contributed by atoms with Gasteiger partial charge in [-0.25, -0.2) is 4.79 Å². The largest absolute Gasteiger partial charge is 0.466 e. The molecule has 0 N–H and O–H groups in total. The molecule has 1 aromatic rings. The van der Waals surface area contributed by atoms with Crippen LogP contribution in [0, 0.1) is 5.41 Å². The number of carbonyl (C=O) groups is 1. The molecule has 2 nitrogen and oxygen atoms in total. The zero-order valence-corrected chi connectivity index (χ0v) is 10.4. The van der Waals surface area contributed by atoms with Crippen LogP contribution in [-0.2, 0) is 22.4 Å². The molecule has 0 bridgehead atoms. The third-order valence-electron chi connectivity index (χ3n) is 3.42. The molecule has 0 atom stereocenters. The molecule has 2 rings (SSSR count). The summed E-state index contributed by atoms with van der Waals surface area (Å²) in [6, 6.07) is 8.58. The molecule has 0 aromatic heterocycles. The SMILES string of the molecule is COC(=O)/C=C/CC1(C)Cc2ccccc2C1. The summed E-state index contributed by atoms with van der Waals surface area (Å²) in [6.07, 6.45) is 6.55. The Hall–Kier alpha value is -1.57. The zero-order chi connectivity index (χ0) is 12.3. The van der Waals surface area contributed by atoms with Crippen molar-refractivity contribution in [3.63, 3.8) is 0 Å². The van der Waals surface area contributed by atoms with E-state index in [1.807, 2.05) is 6.08 Å². The summed E-state index contributed by atoms with van der Waals surface area (Å²) in [5.74, 6) is -0.274. The smallest absolute Gasteiger partial charge is 0.330 e. The fourth-order valence-electron chi connectivity index (χ4n) is 2.54. The molecule has 1 aliphatic rings. The summed E-state index contributed by atoms with van der Waals surface area (Å²) >= 11 is 0. The summed E-state index contributed by atoms with van der Waals surface area (Å²) in [5, 5.41) is 0. The average molecular weight is 230 g/mol. The second-order valence-electron chi connectivity index (χ2n) is 5.06. The molecular weight excluding hydrogens is 212 g/mol. The number of methoxy groups -OCH3 is 1. The van der Waals surface area contributed by atoms with Crippen LogP contribution in [0.2, 0.25) is 0 Å². The van der Waals surface area contributed by atoms with Crippen LogP contribution in [0.3, 0.4) is 0 Å². The Morgan fingerprint density at radius 3 is 2.47 bits per heavy atom. The van der Waals surface area contributed by atoms with Crippen molar-refractivity contribution in [2.45, 2.75) is 26.2 Å². The maximum atomic E-state index is 11.0. The van der Waals surface area contributed by atoms with Crippen LogP contribution in [-0.4, -0.2) is 13.1 Å². The lowest BCUT2D eigenvalue weighted by Crippen LogP contribution is -2.15. The Kier molecular flexibility index (Phi) is 3.32. The molecule has 0 heterocycles. The first-order valence-corrected chi connectivity index (χ1v) is 5.94. The third-order valence-corrected chi connectivity index (χ3v) is 3.42. The van der Waals surface area contributed by atoms with Crippen molar-refractivity contribution >= 4 is 5.97 Å². The summed E-state index contributed by atoms with van der Waals surface area (Å²) in [6.45, 7) is 2.27. The Bertz CT molecular complexity index is 421. The predicted molar refractivity (Wildman–Crippen MR) is 67.7 cm³/mol. The van der Waals surface area contributed by atoms with Gasteiger partial charge in [-0.05, 0) is 35.8 Å². The number of allylic oxidation sites excluding steroid dienone is 1. The molecule has 1 aromatic carbocycles. The quantitative estimate of drug-likeness (QED) is 0.589. The van der Waals surface area contributed by atoms with Crippen LogP contribution in [0.4, 0.5) is 0 Å². The van der Waals surface area contributed by atoms with Crippen LogP contribution < -0.4 is 0 Å². The van der Waals surface area contributed by atoms with E-state index in [4.69, 9.17) is 0 Å². The van der Waals surface area contributed by atoms with Crippen molar-refractivity contribution in [2.75, 3.05) is 7.11 Å². The van der Waals surface area contributed by atoms with Gasteiger partial charge in [0.2, 0.25) is 0 Å². The van der Waals surface area contributed by atoms with Crippen LogP contribution in [0.15, 0.2) is 36.4 Å². The number of carbonyl (C=O) groups excluding carboxylic acids is 1. The van der Waals surface area contributed by atoms with Gasteiger partial charge in [0.1, 0.15) is 0 Å². The Morgan fingerprint density at radius 1 is 1.35 bits per heavy atom. The van der Waals surface area contributed by atoms with Crippen LogP contribution in [0.1, 0.15) is 24.5 Å². The minimum Gasteiger partial charge on any atom is -0.466 e. The molecule has 90 valence electrons. The van der Waals surface area contributed by atoms with Crippen molar-refractivity contribution < 1.29 is 9.53 Å². The van der Waals surface area contributed by atoms with Crippen molar-refractivity contribution in [3.05, 3.63) is 47.5 Å². The number of ether oxygens (including phenoxy) is 1. The number of rotatable bonds is 3. The molecule has 0 aliphatic heterocycles. The highest BCUT2D eigenvalue weighted by Crippen LogP contribution is 2.39. The number of fused-ring (bicyclic) bond motifs is 1. The van der Waals surface area contributed by atoms with Crippen LogP contribution in [0.5, 0.6) is 0 Å². The molecule has 17 heavy (non-hydrogen) atoms. The van der Waals surface area contributed by atoms with Gasteiger partial charge in [-0.15, -0.1) is 0 Å². The highest BCUT2D eigenvalue weighted by atomic mass is 16.5. The molecule has 2 heteroatoms. The molecule has 0 saturated heterocycles. The molecule has 0 amide bonds. The highest BCUT2D eigenvalue weighted by molar-refractivity contribution is 5.81. The molecule has 0 saturated carbocycles. The molecule has 0 fully saturated rings. The highest BCUT2D eigenvalue weighted by Gasteiger charge is 2.31. The Balaban J connectivity index is 2.00. The first kappa shape index (κ1) is 11.9. The maximum Gasteiger partial charge on any atom is 0.330 e. The first-order valence-electron chi connectivity index (χ1n) is 5.94. The molecule has 0 spiro atoms. The van der Waals surface area contributed by atoms with E-state index in [-0.39, 0.29) is 11.4 Å². The Morgan fingerprint density at radius 2 is 1.94 bits per heavy atom. The standard InChI is InChI=1S/C15H18O2/c1-15(9-5-8-14(16)17-2)10-12-6-3-4-7-13(12)11-15/h3-8H,9-11H2,1-2H3/b8-5+. The third kappa shape index (κ3) is 2.76. The minimum atomic E-state index is -0.274. The zero-order valence-electron chi connectivity index (χ0n) is 10.4. The van der Waals surface area contributed by atoms with E-state index in [2.05, 4.69) is 35.9 Å². The van der Waals surface area contributed by atoms with Crippen molar-refractivity contribution in [1.29, 1.82) is 0 Å². The fourth-order valence-corrected chi connectivity index (χ4v) is 2.54. The number of hydrogen-bond donors (Lipinski definition) is 0. The second-order valence-corrected chi connectivity index (χ2v) is 5.06. The van der Waals surface area contributed by atoms with E-state index in [1.165, 1.54) is 24.3 Å². The van der Waals surface area contributed by atoms with E-state index in [0.29, 0.717) is 0 Å². The summed E-state index contributed by atoms with van der Waals surface area (Å²) in [5.41, 5.74) is 3.14. The van der Waals surface area contributed by atoms with E-state index < -0.39 is 0 Å². The second kappa shape index (κ2) is 4.74. The van der Waals surface area contributed by atoms with Gasteiger partial charge in [0.15, 0.2) is 0 Å². The van der Waals surface area contributed by atoms with Gasteiger partial charge in [-0.3, -0.25) is 0 Å². The lowest BCUT2D eigenvalue weighted by molar-refractivity contribution is -0.134. The number of esters is 1. The van der Waals surface area contributed by atoms with E-state index >= 15 is 0 Å². The van der Waals surface area contributed by atoms with Crippen molar-refractivity contribution in [2.24, 2.45) is 5.41 Å². The van der Waals surface area contributed by atoms with Gasteiger partial charge in [0, 0.05) is 6.08 Å². The molecule has 1 aliphatic carbocycles. The molecular formula is C15H18O2.